The third kappa shape index (κ3) is 1.99. The normalized spacial score (nSPS) is 18.6. The molecule has 0 saturated carbocycles. The van der Waals surface area contributed by atoms with Crippen LogP contribution in [-0.2, 0) is 10.2 Å². The van der Waals surface area contributed by atoms with Gasteiger partial charge in [-0.3, -0.25) is 0 Å². The summed E-state index contributed by atoms with van der Waals surface area (Å²) in [6.45, 7) is 0.602. The van der Waals surface area contributed by atoms with E-state index in [-0.39, 0.29) is 0 Å². The number of aromatic amines is 2. The molecular formula is C22H15Cl2N3O2. The number of carbonyl (C=O) groups is 1. The summed E-state index contributed by atoms with van der Waals surface area (Å²) in [6, 6.07) is 11.6. The van der Waals surface area contributed by atoms with Crippen molar-refractivity contribution >= 4 is 45.8 Å². The van der Waals surface area contributed by atoms with E-state index in [0.29, 0.717) is 22.3 Å². The highest BCUT2D eigenvalue weighted by atomic mass is 35.5. The van der Waals surface area contributed by atoms with E-state index >= 15 is 0 Å². The minimum absolute atomic E-state index is 0.395. The first-order valence-corrected chi connectivity index (χ1v) is 9.96. The Morgan fingerprint density at radius 2 is 1.93 bits per heavy atom. The maximum Gasteiger partial charge on any atom is 0.354 e. The smallest absolute Gasteiger partial charge is 0.354 e. The molecule has 3 heterocycles. The van der Waals surface area contributed by atoms with Gasteiger partial charge in [0.2, 0.25) is 0 Å². The number of halogens is 2. The molecule has 2 aromatic carbocycles. The molecule has 0 saturated heterocycles. The van der Waals surface area contributed by atoms with Gasteiger partial charge in [-0.05, 0) is 42.0 Å². The standard InChI is InChI=1S/C22H15Cl2N3O2/c1-29-21(28)19-18-13(8-25-19)17-12-6-10(23)2-4-15(12)27-20(17)22(18)9-26-16-5-3-11(24)7-14(16)22/h2-8,25-27H,9H2,1H3/t22-/m1/s1. The Hall–Kier alpha value is -2.89. The van der Waals surface area contributed by atoms with Crippen LogP contribution in [0.4, 0.5) is 5.69 Å². The van der Waals surface area contributed by atoms with Crippen molar-refractivity contribution < 1.29 is 9.53 Å². The fourth-order valence-corrected chi connectivity index (χ4v) is 5.35. The predicted octanol–water partition coefficient (Wildman–Crippen LogP) is 5.33. The lowest BCUT2D eigenvalue weighted by atomic mass is 9.76. The van der Waals surface area contributed by atoms with Crippen molar-refractivity contribution in [2.45, 2.75) is 5.41 Å². The molecule has 0 unspecified atom stereocenters. The molecule has 1 atom stereocenters. The molecule has 0 radical (unpaired) electrons. The molecule has 144 valence electrons. The lowest BCUT2D eigenvalue weighted by Gasteiger charge is -2.26. The molecule has 6 rings (SSSR count). The second-order valence-electron chi connectivity index (χ2n) is 7.46. The first-order chi connectivity index (χ1) is 14.0. The highest BCUT2D eigenvalue weighted by Crippen LogP contribution is 2.59. The number of esters is 1. The number of nitrogens with one attached hydrogen (secondary N) is 3. The zero-order chi connectivity index (χ0) is 19.9. The van der Waals surface area contributed by atoms with Crippen LogP contribution in [0.5, 0.6) is 0 Å². The second kappa shape index (κ2) is 5.59. The van der Waals surface area contributed by atoms with Gasteiger partial charge in [0.1, 0.15) is 5.69 Å². The molecule has 0 amide bonds. The molecule has 1 aliphatic carbocycles. The van der Waals surface area contributed by atoms with E-state index in [1.807, 2.05) is 42.6 Å². The summed E-state index contributed by atoms with van der Waals surface area (Å²) in [5, 5.41) is 5.84. The Bertz CT molecular complexity index is 1350. The number of carbonyl (C=O) groups excluding carboxylic acids is 1. The summed E-state index contributed by atoms with van der Waals surface area (Å²) in [5.41, 5.74) is 6.88. The molecule has 1 aliphatic heterocycles. The number of ether oxygens (including phenoxy) is 1. The molecule has 7 heteroatoms. The third-order valence-corrected chi connectivity index (χ3v) is 6.61. The van der Waals surface area contributed by atoms with Gasteiger partial charge < -0.3 is 20.0 Å². The summed E-state index contributed by atoms with van der Waals surface area (Å²) in [4.78, 5) is 19.4. The molecule has 2 aromatic heterocycles. The van der Waals surface area contributed by atoms with E-state index in [1.54, 1.807) is 0 Å². The highest BCUT2D eigenvalue weighted by molar-refractivity contribution is 6.31. The van der Waals surface area contributed by atoms with E-state index < -0.39 is 11.4 Å². The van der Waals surface area contributed by atoms with E-state index in [9.17, 15) is 4.79 Å². The summed E-state index contributed by atoms with van der Waals surface area (Å²) in [6.07, 6.45) is 1.88. The minimum atomic E-state index is -0.583. The second-order valence-corrected chi connectivity index (χ2v) is 8.33. The van der Waals surface area contributed by atoms with Crippen LogP contribution in [0.15, 0.2) is 42.6 Å². The van der Waals surface area contributed by atoms with Crippen molar-refractivity contribution in [3.05, 3.63) is 75.2 Å². The first kappa shape index (κ1) is 17.0. The molecule has 0 bridgehead atoms. The fourth-order valence-electron chi connectivity index (χ4n) is 5.01. The van der Waals surface area contributed by atoms with Crippen molar-refractivity contribution in [2.75, 3.05) is 19.0 Å². The van der Waals surface area contributed by atoms with Crippen LogP contribution >= 0.6 is 23.2 Å². The molecule has 5 nitrogen and oxygen atoms in total. The number of aromatic nitrogens is 2. The lowest BCUT2D eigenvalue weighted by Crippen LogP contribution is -2.31. The summed E-state index contributed by atoms with van der Waals surface area (Å²) < 4.78 is 5.07. The fraction of sp³-hybridized carbons (Fsp3) is 0.136. The van der Waals surface area contributed by atoms with Gasteiger partial charge in [0, 0.05) is 61.8 Å². The van der Waals surface area contributed by atoms with E-state index in [2.05, 4.69) is 15.3 Å². The molecular weight excluding hydrogens is 409 g/mol. The van der Waals surface area contributed by atoms with Crippen molar-refractivity contribution in [3.8, 4) is 11.1 Å². The summed E-state index contributed by atoms with van der Waals surface area (Å²) >= 11 is 12.7. The molecule has 4 aromatic rings. The Morgan fingerprint density at radius 1 is 1.14 bits per heavy atom. The van der Waals surface area contributed by atoms with Crippen molar-refractivity contribution in [1.29, 1.82) is 0 Å². The number of methoxy groups -OCH3 is 1. The Kier molecular flexibility index (Phi) is 3.28. The topological polar surface area (TPSA) is 69.9 Å². The number of fused-ring (bicyclic) bond motifs is 9. The van der Waals surface area contributed by atoms with Gasteiger partial charge in [-0.1, -0.05) is 23.2 Å². The number of hydrogen-bond donors (Lipinski definition) is 3. The third-order valence-electron chi connectivity index (χ3n) is 6.14. The molecule has 3 N–H and O–H groups in total. The largest absolute Gasteiger partial charge is 0.464 e. The van der Waals surface area contributed by atoms with Gasteiger partial charge in [0.05, 0.1) is 12.5 Å². The monoisotopic (exact) mass is 423 g/mol. The maximum atomic E-state index is 12.6. The van der Waals surface area contributed by atoms with Crippen LogP contribution in [0.2, 0.25) is 10.0 Å². The first-order valence-electron chi connectivity index (χ1n) is 9.20. The Labute approximate surface area is 176 Å². The SMILES string of the molecule is COC(=O)c1[nH]cc2c1[C@]1(CNc3ccc(Cl)cc31)c1[nH]c3ccc(Cl)cc3c1-2. The van der Waals surface area contributed by atoms with Crippen LogP contribution in [0.3, 0.4) is 0 Å². The number of hydrogen-bond acceptors (Lipinski definition) is 3. The lowest BCUT2D eigenvalue weighted by molar-refractivity contribution is 0.0592. The van der Waals surface area contributed by atoms with Crippen molar-refractivity contribution in [2.24, 2.45) is 0 Å². The summed E-state index contributed by atoms with van der Waals surface area (Å²) in [5.74, 6) is -0.395. The number of rotatable bonds is 1. The van der Waals surface area contributed by atoms with Gasteiger partial charge in [-0.15, -0.1) is 0 Å². The van der Waals surface area contributed by atoms with E-state index in [1.165, 1.54) is 7.11 Å². The van der Waals surface area contributed by atoms with Crippen LogP contribution in [0.1, 0.15) is 27.3 Å². The van der Waals surface area contributed by atoms with Crippen LogP contribution < -0.4 is 5.32 Å². The number of benzene rings is 2. The van der Waals surface area contributed by atoms with Gasteiger partial charge in [-0.2, -0.15) is 0 Å². The van der Waals surface area contributed by atoms with Crippen molar-refractivity contribution in [1.82, 2.24) is 9.97 Å². The minimum Gasteiger partial charge on any atom is -0.464 e. The van der Waals surface area contributed by atoms with E-state index in [4.69, 9.17) is 27.9 Å². The summed E-state index contributed by atoms with van der Waals surface area (Å²) in [7, 11) is 1.39. The van der Waals surface area contributed by atoms with Crippen LogP contribution in [0.25, 0.3) is 22.0 Å². The molecule has 0 fully saturated rings. The average Bonchev–Trinajstić information content (AvgIpc) is 3.43. The molecule has 1 spiro atoms. The van der Waals surface area contributed by atoms with Gasteiger partial charge in [-0.25, -0.2) is 4.79 Å². The Balaban J connectivity index is 1.78. The maximum absolute atomic E-state index is 12.6. The molecule has 2 aliphatic rings. The number of H-pyrrole nitrogens is 2. The Morgan fingerprint density at radius 3 is 2.76 bits per heavy atom. The van der Waals surface area contributed by atoms with Crippen LogP contribution in [-0.4, -0.2) is 29.6 Å². The van der Waals surface area contributed by atoms with Gasteiger partial charge >= 0.3 is 5.97 Å². The van der Waals surface area contributed by atoms with Crippen molar-refractivity contribution in [3.63, 3.8) is 0 Å². The average molecular weight is 424 g/mol. The zero-order valence-electron chi connectivity index (χ0n) is 15.3. The van der Waals surface area contributed by atoms with Crippen LogP contribution in [0, 0.1) is 0 Å². The van der Waals surface area contributed by atoms with E-state index in [0.717, 1.165) is 44.5 Å². The highest BCUT2D eigenvalue weighted by Gasteiger charge is 2.53. The molecule has 29 heavy (non-hydrogen) atoms. The predicted molar refractivity (Wildman–Crippen MR) is 114 cm³/mol. The quantitative estimate of drug-likeness (QED) is 0.362. The number of anilines is 1. The van der Waals surface area contributed by atoms with Gasteiger partial charge in [0.25, 0.3) is 0 Å². The van der Waals surface area contributed by atoms with Gasteiger partial charge in [0.15, 0.2) is 0 Å². The zero-order valence-corrected chi connectivity index (χ0v) is 16.8.